The van der Waals surface area contributed by atoms with Crippen molar-refractivity contribution in [2.24, 2.45) is 5.73 Å². The second-order valence-electron chi connectivity index (χ2n) is 4.81. The van der Waals surface area contributed by atoms with E-state index in [4.69, 9.17) is 5.73 Å². The number of hydrogen-bond acceptors (Lipinski definition) is 3. The molecule has 1 fully saturated rings. The highest BCUT2D eigenvalue weighted by Gasteiger charge is 2.30. The fraction of sp³-hybridized carbons (Fsp3) is 0.538. The average molecular weight is 268 g/mol. The van der Waals surface area contributed by atoms with E-state index in [0.29, 0.717) is 18.0 Å². The molecule has 1 saturated heterocycles. The number of sulfonamides is 1. The molecule has 0 spiro atoms. The van der Waals surface area contributed by atoms with Crippen LogP contribution in [0.3, 0.4) is 0 Å². The summed E-state index contributed by atoms with van der Waals surface area (Å²) in [7, 11) is -3.35. The second kappa shape index (κ2) is 5.38. The van der Waals surface area contributed by atoms with Crippen LogP contribution >= 0.6 is 0 Å². The third-order valence-electron chi connectivity index (χ3n) is 3.29. The predicted octanol–water partition coefficient (Wildman–Crippen LogP) is 1.36. The highest BCUT2D eigenvalue weighted by atomic mass is 32.2. The van der Waals surface area contributed by atoms with Crippen molar-refractivity contribution in [2.45, 2.75) is 37.1 Å². The molecule has 0 bridgehead atoms. The lowest BCUT2D eigenvalue weighted by atomic mass is 10.1. The Kier molecular flexibility index (Phi) is 4.04. The van der Waals surface area contributed by atoms with Gasteiger partial charge in [0, 0.05) is 19.1 Å². The highest BCUT2D eigenvalue weighted by Crippen LogP contribution is 2.21. The molecular formula is C13H20N2O2S. The maximum Gasteiger partial charge on any atom is 0.243 e. The molecule has 1 heterocycles. The van der Waals surface area contributed by atoms with E-state index < -0.39 is 10.0 Å². The molecule has 5 heteroatoms. The Morgan fingerprint density at radius 3 is 2.50 bits per heavy atom. The van der Waals surface area contributed by atoms with Gasteiger partial charge in [-0.25, -0.2) is 8.42 Å². The molecule has 1 aromatic rings. The summed E-state index contributed by atoms with van der Waals surface area (Å²) < 4.78 is 26.1. The first-order valence-corrected chi connectivity index (χ1v) is 7.82. The fourth-order valence-electron chi connectivity index (χ4n) is 2.24. The van der Waals surface area contributed by atoms with Gasteiger partial charge in [-0.1, -0.05) is 25.5 Å². The summed E-state index contributed by atoms with van der Waals surface area (Å²) in [6.07, 6.45) is 2.79. The van der Waals surface area contributed by atoms with Crippen molar-refractivity contribution in [3.8, 4) is 0 Å². The first-order chi connectivity index (χ1) is 8.54. The summed E-state index contributed by atoms with van der Waals surface area (Å²) >= 11 is 0. The number of nitrogens with two attached hydrogens (primary N) is 1. The van der Waals surface area contributed by atoms with Crippen molar-refractivity contribution in [2.75, 3.05) is 13.1 Å². The van der Waals surface area contributed by atoms with E-state index in [1.54, 1.807) is 12.1 Å². The summed E-state index contributed by atoms with van der Waals surface area (Å²) in [5.74, 6) is 0. The van der Waals surface area contributed by atoms with E-state index in [1.807, 2.05) is 12.1 Å². The smallest absolute Gasteiger partial charge is 0.243 e. The molecule has 0 amide bonds. The maximum atomic E-state index is 12.3. The van der Waals surface area contributed by atoms with Gasteiger partial charge >= 0.3 is 0 Å². The molecule has 1 aliphatic rings. The van der Waals surface area contributed by atoms with E-state index >= 15 is 0 Å². The number of aryl methyl sites for hydroxylation is 1. The molecule has 2 rings (SSSR count). The Bertz CT molecular complexity index is 496. The van der Waals surface area contributed by atoms with Crippen LogP contribution < -0.4 is 5.73 Å². The first kappa shape index (κ1) is 13.5. The Labute approximate surface area is 109 Å². The van der Waals surface area contributed by atoms with Gasteiger partial charge in [0.2, 0.25) is 10.0 Å². The van der Waals surface area contributed by atoms with E-state index in [9.17, 15) is 8.42 Å². The molecule has 0 radical (unpaired) electrons. The van der Waals surface area contributed by atoms with Gasteiger partial charge in [0.1, 0.15) is 0 Å². The van der Waals surface area contributed by atoms with Gasteiger partial charge in [0.15, 0.2) is 0 Å². The minimum atomic E-state index is -3.35. The standard InChI is InChI=1S/C13H20N2O2S/c1-2-3-11-4-6-13(7-5-11)18(16,17)15-9-8-12(14)10-15/h4-7,12H,2-3,8-10,14H2,1H3/t12-/m0/s1. The van der Waals surface area contributed by atoms with Crippen molar-refractivity contribution in [3.05, 3.63) is 29.8 Å². The van der Waals surface area contributed by atoms with Gasteiger partial charge in [0.25, 0.3) is 0 Å². The molecule has 0 aromatic heterocycles. The van der Waals surface area contributed by atoms with Crippen LogP contribution in [0, 0.1) is 0 Å². The van der Waals surface area contributed by atoms with Gasteiger partial charge in [-0.05, 0) is 30.5 Å². The molecule has 1 aliphatic heterocycles. The lowest BCUT2D eigenvalue weighted by Crippen LogP contribution is -2.31. The Morgan fingerprint density at radius 1 is 1.33 bits per heavy atom. The molecule has 0 saturated carbocycles. The van der Waals surface area contributed by atoms with Crippen molar-refractivity contribution >= 4 is 10.0 Å². The topological polar surface area (TPSA) is 63.4 Å². The maximum absolute atomic E-state index is 12.3. The van der Waals surface area contributed by atoms with Crippen LogP contribution in [0.1, 0.15) is 25.3 Å². The Morgan fingerprint density at radius 2 is 2.00 bits per heavy atom. The van der Waals surface area contributed by atoms with Crippen LogP contribution in [-0.4, -0.2) is 31.9 Å². The van der Waals surface area contributed by atoms with Crippen LogP contribution in [0.15, 0.2) is 29.2 Å². The van der Waals surface area contributed by atoms with Gasteiger partial charge in [-0.3, -0.25) is 0 Å². The minimum absolute atomic E-state index is 0.0286. The van der Waals surface area contributed by atoms with Crippen LogP contribution in [0.2, 0.25) is 0 Å². The Balaban J connectivity index is 2.19. The summed E-state index contributed by atoms with van der Waals surface area (Å²) in [4.78, 5) is 0.372. The number of hydrogen-bond donors (Lipinski definition) is 1. The van der Waals surface area contributed by atoms with Crippen LogP contribution in [0.25, 0.3) is 0 Å². The highest BCUT2D eigenvalue weighted by molar-refractivity contribution is 7.89. The van der Waals surface area contributed by atoms with Crippen molar-refractivity contribution in [1.29, 1.82) is 0 Å². The summed E-state index contributed by atoms with van der Waals surface area (Å²) in [5.41, 5.74) is 6.93. The molecule has 0 unspecified atom stereocenters. The van der Waals surface area contributed by atoms with E-state index in [2.05, 4.69) is 6.92 Å². The average Bonchev–Trinajstić information content (AvgIpc) is 2.78. The van der Waals surface area contributed by atoms with Crippen molar-refractivity contribution in [1.82, 2.24) is 4.31 Å². The van der Waals surface area contributed by atoms with Gasteiger partial charge < -0.3 is 5.73 Å². The van der Waals surface area contributed by atoms with Crippen LogP contribution in [-0.2, 0) is 16.4 Å². The van der Waals surface area contributed by atoms with E-state index in [-0.39, 0.29) is 6.04 Å². The van der Waals surface area contributed by atoms with E-state index in [1.165, 1.54) is 9.87 Å². The second-order valence-corrected chi connectivity index (χ2v) is 6.74. The minimum Gasteiger partial charge on any atom is -0.326 e. The van der Waals surface area contributed by atoms with Crippen LogP contribution in [0.5, 0.6) is 0 Å². The van der Waals surface area contributed by atoms with E-state index in [0.717, 1.165) is 19.3 Å². The third-order valence-corrected chi connectivity index (χ3v) is 5.17. The molecular weight excluding hydrogens is 248 g/mol. The van der Waals surface area contributed by atoms with Gasteiger partial charge in [-0.2, -0.15) is 4.31 Å². The number of nitrogens with zero attached hydrogens (tertiary/aromatic N) is 1. The summed E-state index contributed by atoms with van der Waals surface area (Å²) in [6, 6.07) is 7.16. The molecule has 1 aromatic carbocycles. The first-order valence-electron chi connectivity index (χ1n) is 6.38. The molecule has 4 nitrogen and oxygen atoms in total. The monoisotopic (exact) mass is 268 g/mol. The number of rotatable bonds is 4. The SMILES string of the molecule is CCCc1ccc(S(=O)(=O)N2CC[C@H](N)C2)cc1. The predicted molar refractivity (Wildman–Crippen MR) is 71.8 cm³/mol. The zero-order valence-electron chi connectivity index (χ0n) is 10.7. The lowest BCUT2D eigenvalue weighted by Gasteiger charge is -2.16. The molecule has 18 heavy (non-hydrogen) atoms. The zero-order valence-corrected chi connectivity index (χ0v) is 11.5. The largest absolute Gasteiger partial charge is 0.326 e. The molecule has 2 N–H and O–H groups in total. The molecule has 1 atom stereocenters. The quantitative estimate of drug-likeness (QED) is 0.897. The Hall–Kier alpha value is -0.910. The molecule has 0 aliphatic carbocycles. The van der Waals surface area contributed by atoms with Gasteiger partial charge in [-0.15, -0.1) is 0 Å². The normalized spacial score (nSPS) is 21.3. The van der Waals surface area contributed by atoms with Crippen molar-refractivity contribution < 1.29 is 8.42 Å². The third kappa shape index (κ3) is 2.74. The fourth-order valence-corrected chi connectivity index (χ4v) is 3.75. The molecule has 100 valence electrons. The zero-order chi connectivity index (χ0) is 13.2. The number of benzene rings is 1. The van der Waals surface area contributed by atoms with Gasteiger partial charge in [0.05, 0.1) is 4.90 Å². The lowest BCUT2D eigenvalue weighted by molar-refractivity contribution is 0.472. The summed E-state index contributed by atoms with van der Waals surface area (Å²) in [6.45, 7) is 3.07. The van der Waals surface area contributed by atoms with Crippen LogP contribution in [0.4, 0.5) is 0 Å². The summed E-state index contributed by atoms with van der Waals surface area (Å²) in [5, 5.41) is 0. The van der Waals surface area contributed by atoms with Crippen molar-refractivity contribution in [3.63, 3.8) is 0 Å².